The molecule has 0 radical (unpaired) electrons. The summed E-state index contributed by atoms with van der Waals surface area (Å²) in [6, 6.07) is 12.7. The van der Waals surface area contributed by atoms with Crippen molar-refractivity contribution in [3.05, 3.63) is 117 Å². The Morgan fingerprint density at radius 3 is 2.63 bits per heavy atom. The number of alkyl halides is 3. The van der Waals surface area contributed by atoms with E-state index in [-0.39, 0.29) is 33.0 Å². The van der Waals surface area contributed by atoms with E-state index in [2.05, 4.69) is 20.7 Å². The maximum Gasteiger partial charge on any atom is 0.416 e. The molecule has 0 spiro atoms. The van der Waals surface area contributed by atoms with Crippen LogP contribution in [0.3, 0.4) is 0 Å². The van der Waals surface area contributed by atoms with Crippen molar-refractivity contribution in [2.24, 2.45) is 0 Å². The Hall–Kier alpha value is -4.77. The molecule has 0 unspecified atom stereocenters. The summed E-state index contributed by atoms with van der Waals surface area (Å²) in [6.45, 7) is 1.30. The highest BCUT2D eigenvalue weighted by Crippen LogP contribution is 2.42. The molecular formula is C29H18ClF4N5O2. The predicted octanol–water partition coefficient (Wildman–Crippen LogP) is 6.60. The average Bonchev–Trinajstić information content (AvgIpc) is 3.53. The second kappa shape index (κ2) is 9.70. The van der Waals surface area contributed by atoms with E-state index in [9.17, 15) is 27.2 Å². The number of carbonyl (C=O) groups is 2. The van der Waals surface area contributed by atoms with E-state index in [4.69, 9.17) is 11.6 Å². The highest BCUT2D eigenvalue weighted by Gasteiger charge is 2.36. The molecule has 5 aromatic rings. The number of amides is 2. The van der Waals surface area contributed by atoms with Gasteiger partial charge in [-0.05, 0) is 72.6 Å². The highest BCUT2D eigenvalue weighted by molar-refractivity contribution is 6.31. The molecule has 12 heteroatoms. The Bertz CT molecular complexity index is 1890. The minimum absolute atomic E-state index is 0.0314. The number of halogens is 5. The van der Waals surface area contributed by atoms with Gasteiger partial charge in [-0.1, -0.05) is 17.7 Å². The number of hydrogen-bond acceptors (Lipinski definition) is 4. The molecule has 1 aliphatic rings. The van der Waals surface area contributed by atoms with Gasteiger partial charge in [0, 0.05) is 44.7 Å². The van der Waals surface area contributed by atoms with Crippen LogP contribution in [0.25, 0.3) is 16.8 Å². The van der Waals surface area contributed by atoms with Crippen molar-refractivity contribution in [1.29, 1.82) is 0 Å². The lowest BCUT2D eigenvalue weighted by Crippen LogP contribution is -2.21. The molecule has 7 nitrogen and oxygen atoms in total. The van der Waals surface area contributed by atoms with Crippen LogP contribution in [0.15, 0.2) is 73.2 Å². The molecule has 0 aliphatic carbocycles. The fourth-order valence-electron chi connectivity index (χ4n) is 4.92. The fourth-order valence-corrected chi connectivity index (χ4v) is 5.15. The van der Waals surface area contributed by atoms with Gasteiger partial charge in [-0.25, -0.2) is 13.9 Å². The van der Waals surface area contributed by atoms with E-state index in [1.54, 1.807) is 30.5 Å². The number of nitrogens with one attached hydrogen (secondary N) is 2. The number of aromatic nitrogens is 3. The van der Waals surface area contributed by atoms with Crippen LogP contribution in [-0.4, -0.2) is 26.4 Å². The van der Waals surface area contributed by atoms with Crippen molar-refractivity contribution in [1.82, 2.24) is 19.9 Å². The molecule has 0 bridgehead atoms. The number of rotatable bonds is 4. The predicted molar refractivity (Wildman–Crippen MR) is 143 cm³/mol. The monoisotopic (exact) mass is 579 g/mol. The van der Waals surface area contributed by atoms with Gasteiger partial charge in [0.15, 0.2) is 5.65 Å². The smallest absolute Gasteiger partial charge is 0.341 e. The average molecular weight is 580 g/mol. The molecule has 41 heavy (non-hydrogen) atoms. The summed E-state index contributed by atoms with van der Waals surface area (Å²) in [5.74, 6) is -1.92. The zero-order valence-electron chi connectivity index (χ0n) is 21.1. The summed E-state index contributed by atoms with van der Waals surface area (Å²) in [7, 11) is 0. The first-order valence-corrected chi connectivity index (χ1v) is 12.6. The van der Waals surface area contributed by atoms with Crippen molar-refractivity contribution in [3.8, 4) is 11.1 Å². The first-order chi connectivity index (χ1) is 19.5. The lowest BCUT2D eigenvalue weighted by Gasteiger charge is -2.19. The van der Waals surface area contributed by atoms with Crippen molar-refractivity contribution in [3.63, 3.8) is 0 Å². The Morgan fingerprint density at radius 2 is 1.85 bits per heavy atom. The van der Waals surface area contributed by atoms with Gasteiger partial charge in [0.2, 0.25) is 0 Å². The SMILES string of the molecule is Cc1ccc(C(=O)Nc2cc(-c3ccc4ncnn4c3)cc3c2[C@H](c2cc(F)ccc2Cl)NC3=O)cc1C(F)(F)F. The normalized spacial score (nSPS) is 14.7. The van der Waals surface area contributed by atoms with Crippen LogP contribution in [0.5, 0.6) is 0 Å². The lowest BCUT2D eigenvalue weighted by atomic mass is 9.93. The van der Waals surface area contributed by atoms with Crippen LogP contribution in [0.2, 0.25) is 5.02 Å². The minimum Gasteiger partial charge on any atom is -0.341 e. The second-order valence-corrected chi connectivity index (χ2v) is 9.93. The number of nitrogens with zero attached hydrogens (tertiary/aromatic N) is 3. The van der Waals surface area contributed by atoms with Crippen LogP contribution in [0.4, 0.5) is 23.2 Å². The van der Waals surface area contributed by atoms with Crippen LogP contribution in [0, 0.1) is 12.7 Å². The topological polar surface area (TPSA) is 88.4 Å². The number of anilines is 1. The van der Waals surface area contributed by atoms with E-state index in [1.807, 2.05) is 0 Å². The van der Waals surface area contributed by atoms with E-state index in [1.165, 1.54) is 48.1 Å². The quantitative estimate of drug-likeness (QED) is 0.235. The molecule has 2 amide bonds. The highest BCUT2D eigenvalue weighted by atomic mass is 35.5. The second-order valence-electron chi connectivity index (χ2n) is 9.52. The van der Waals surface area contributed by atoms with Crippen molar-refractivity contribution in [2.75, 3.05) is 5.32 Å². The molecule has 2 aromatic heterocycles. The fraction of sp³-hybridized carbons (Fsp3) is 0.103. The Morgan fingerprint density at radius 1 is 1.05 bits per heavy atom. The summed E-state index contributed by atoms with van der Waals surface area (Å²) in [6.07, 6.45) is -1.60. The molecule has 206 valence electrons. The Kier molecular flexibility index (Phi) is 6.26. The molecule has 2 N–H and O–H groups in total. The van der Waals surface area contributed by atoms with Gasteiger partial charge in [0.1, 0.15) is 12.1 Å². The van der Waals surface area contributed by atoms with E-state index < -0.39 is 35.4 Å². The Labute approximate surface area is 234 Å². The van der Waals surface area contributed by atoms with Crippen molar-refractivity contribution >= 4 is 34.7 Å². The molecule has 1 atom stereocenters. The summed E-state index contributed by atoms with van der Waals surface area (Å²) >= 11 is 6.36. The van der Waals surface area contributed by atoms with Crippen molar-refractivity contribution in [2.45, 2.75) is 19.1 Å². The Balaban J connectivity index is 1.50. The zero-order chi connectivity index (χ0) is 29.1. The first kappa shape index (κ1) is 26.5. The first-order valence-electron chi connectivity index (χ1n) is 12.2. The standard InChI is InChI=1S/C29H18ClF4N5O2/c1-14-2-3-15(9-21(14)29(32,33)34)27(40)37-23-10-17(16-4-7-24-35-13-36-39(24)12-16)8-20-25(23)26(38-28(20)41)19-11-18(31)5-6-22(19)30/h2-13,26H,1H3,(H,37,40)(H,38,41)/t26-/m0/s1. The van der Waals surface area contributed by atoms with Gasteiger partial charge in [0.25, 0.3) is 11.8 Å². The number of fused-ring (bicyclic) bond motifs is 2. The molecule has 1 aliphatic heterocycles. The minimum atomic E-state index is -4.66. The van der Waals surface area contributed by atoms with Crippen molar-refractivity contribution < 1.29 is 27.2 Å². The lowest BCUT2D eigenvalue weighted by molar-refractivity contribution is -0.138. The number of pyridine rings is 1. The third-order valence-corrected chi connectivity index (χ3v) is 7.26. The molecule has 0 fully saturated rings. The molecule has 0 saturated heterocycles. The van der Waals surface area contributed by atoms with E-state index in [0.717, 1.165) is 6.07 Å². The summed E-state index contributed by atoms with van der Waals surface area (Å²) < 4.78 is 56.4. The maximum absolute atomic E-state index is 14.2. The van der Waals surface area contributed by atoms with Gasteiger partial charge in [-0.15, -0.1) is 0 Å². The third kappa shape index (κ3) is 4.78. The molecule has 3 aromatic carbocycles. The largest absolute Gasteiger partial charge is 0.416 e. The van der Waals surface area contributed by atoms with Gasteiger partial charge in [0.05, 0.1) is 11.6 Å². The van der Waals surface area contributed by atoms with E-state index >= 15 is 0 Å². The number of aryl methyl sites for hydroxylation is 1. The van der Waals surface area contributed by atoms with Gasteiger partial charge >= 0.3 is 6.18 Å². The zero-order valence-corrected chi connectivity index (χ0v) is 21.8. The van der Waals surface area contributed by atoms with Crippen LogP contribution in [0.1, 0.15) is 49.0 Å². The summed E-state index contributed by atoms with van der Waals surface area (Å²) in [5, 5.41) is 9.76. The maximum atomic E-state index is 14.2. The molecular weight excluding hydrogens is 562 g/mol. The van der Waals surface area contributed by atoms with Crippen LogP contribution >= 0.6 is 11.6 Å². The van der Waals surface area contributed by atoms with Gasteiger partial charge in [-0.3, -0.25) is 9.59 Å². The van der Waals surface area contributed by atoms with E-state index in [0.29, 0.717) is 22.3 Å². The molecule has 6 rings (SSSR count). The molecule has 3 heterocycles. The number of benzene rings is 3. The van der Waals surface area contributed by atoms with Gasteiger partial charge < -0.3 is 10.6 Å². The molecule has 0 saturated carbocycles. The number of carbonyl (C=O) groups excluding carboxylic acids is 2. The third-order valence-electron chi connectivity index (χ3n) is 6.92. The van der Waals surface area contributed by atoms with Gasteiger partial charge in [-0.2, -0.15) is 18.3 Å². The summed E-state index contributed by atoms with van der Waals surface area (Å²) in [4.78, 5) is 30.6. The summed E-state index contributed by atoms with van der Waals surface area (Å²) in [5.41, 5.74) is 1.38. The number of hydrogen-bond donors (Lipinski definition) is 2. The van der Waals surface area contributed by atoms with Crippen LogP contribution < -0.4 is 10.6 Å². The van der Waals surface area contributed by atoms with Crippen LogP contribution in [-0.2, 0) is 6.18 Å².